The van der Waals surface area contributed by atoms with Crippen LogP contribution in [-0.4, -0.2) is 55.4 Å². The maximum Gasteiger partial charge on any atom is 0.255 e. The molecule has 0 aliphatic carbocycles. The highest BCUT2D eigenvalue weighted by Gasteiger charge is 2.24. The Balaban J connectivity index is 1.80. The van der Waals surface area contributed by atoms with Crippen LogP contribution in [0, 0.1) is 11.6 Å². The molecule has 0 saturated heterocycles. The molecule has 0 saturated carbocycles. The van der Waals surface area contributed by atoms with Crippen molar-refractivity contribution in [1.29, 1.82) is 0 Å². The minimum atomic E-state index is -0.981. The molecule has 0 aliphatic heterocycles. The van der Waals surface area contributed by atoms with Crippen LogP contribution in [0.1, 0.15) is 32.5 Å². The summed E-state index contributed by atoms with van der Waals surface area (Å²) >= 11 is 0.858. The Labute approximate surface area is 199 Å². The van der Waals surface area contributed by atoms with Gasteiger partial charge in [-0.05, 0) is 45.3 Å². The van der Waals surface area contributed by atoms with Crippen molar-refractivity contribution in [2.45, 2.75) is 13.0 Å². The lowest BCUT2D eigenvalue weighted by atomic mass is 10.1. The molecule has 0 aliphatic rings. The summed E-state index contributed by atoms with van der Waals surface area (Å²) in [4.78, 5) is 31.3. The first kappa shape index (κ1) is 25.1. The van der Waals surface area contributed by atoms with Gasteiger partial charge in [-0.3, -0.25) is 9.59 Å². The van der Waals surface area contributed by atoms with Crippen LogP contribution in [0.25, 0.3) is 0 Å². The van der Waals surface area contributed by atoms with E-state index in [9.17, 15) is 18.4 Å². The number of ketones is 1. The number of methoxy groups -OCH3 is 1. The smallest absolute Gasteiger partial charge is 0.255 e. The van der Waals surface area contributed by atoms with Crippen molar-refractivity contribution in [3.8, 4) is 5.75 Å². The summed E-state index contributed by atoms with van der Waals surface area (Å²) in [6.45, 7) is 2.58. The van der Waals surface area contributed by atoms with Crippen molar-refractivity contribution in [2.75, 3.05) is 38.8 Å². The number of carbonyl (C=O) groups is 2. The van der Waals surface area contributed by atoms with Gasteiger partial charge in [0.15, 0.2) is 5.13 Å². The largest absolute Gasteiger partial charge is 0.496 e. The Morgan fingerprint density at radius 3 is 2.50 bits per heavy atom. The quantitative estimate of drug-likeness (QED) is 0.394. The molecule has 1 atom stereocenters. The Morgan fingerprint density at radius 2 is 1.88 bits per heavy atom. The number of nitrogens with one attached hydrogen (secondary N) is 2. The molecule has 1 aromatic heterocycles. The number of hydrogen-bond donors (Lipinski definition) is 3. The molecule has 3 rings (SSSR count). The monoisotopic (exact) mass is 489 g/mol. The number of halogens is 2. The van der Waals surface area contributed by atoms with Crippen LogP contribution < -0.4 is 21.1 Å². The maximum atomic E-state index is 14.0. The zero-order valence-corrected chi connectivity index (χ0v) is 19.9. The number of amides is 1. The molecule has 8 nitrogen and oxygen atoms in total. The predicted molar refractivity (Wildman–Crippen MR) is 128 cm³/mol. The zero-order valence-electron chi connectivity index (χ0n) is 19.1. The third-order valence-electron chi connectivity index (χ3n) is 4.76. The lowest BCUT2D eigenvalue weighted by Gasteiger charge is -2.19. The van der Waals surface area contributed by atoms with Crippen molar-refractivity contribution >= 4 is 39.7 Å². The lowest BCUT2D eigenvalue weighted by Crippen LogP contribution is -2.39. The summed E-state index contributed by atoms with van der Waals surface area (Å²) in [5.41, 5.74) is 6.02. The highest BCUT2D eigenvalue weighted by Crippen LogP contribution is 2.32. The van der Waals surface area contributed by atoms with E-state index in [1.165, 1.54) is 13.2 Å². The van der Waals surface area contributed by atoms with Crippen molar-refractivity contribution < 1.29 is 23.1 Å². The summed E-state index contributed by atoms with van der Waals surface area (Å²) in [6.07, 6.45) is 0. The number of likely N-dealkylation sites (N-methyl/N-ethyl adjacent to an activating group) is 1. The number of anilines is 3. The van der Waals surface area contributed by atoms with Gasteiger partial charge < -0.3 is 26.0 Å². The molecular weight excluding hydrogens is 464 g/mol. The fraction of sp³-hybridized carbons (Fsp3) is 0.261. The van der Waals surface area contributed by atoms with Crippen molar-refractivity contribution in [3.05, 3.63) is 64.0 Å². The summed E-state index contributed by atoms with van der Waals surface area (Å²) in [7, 11) is 5.28. The van der Waals surface area contributed by atoms with E-state index in [0.29, 0.717) is 23.5 Å². The molecule has 0 radical (unpaired) electrons. The Morgan fingerprint density at radius 1 is 1.21 bits per heavy atom. The van der Waals surface area contributed by atoms with E-state index >= 15 is 0 Å². The third-order valence-corrected chi connectivity index (χ3v) is 5.75. The van der Waals surface area contributed by atoms with E-state index in [0.717, 1.165) is 23.5 Å². The Bertz CT molecular complexity index is 1200. The number of hydrogen-bond acceptors (Lipinski definition) is 8. The van der Waals surface area contributed by atoms with Crippen LogP contribution in [0.5, 0.6) is 5.75 Å². The van der Waals surface area contributed by atoms with Gasteiger partial charge in [0, 0.05) is 24.3 Å². The predicted octanol–water partition coefficient (Wildman–Crippen LogP) is 3.67. The molecule has 0 spiro atoms. The molecule has 0 bridgehead atoms. The topological polar surface area (TPSA) is 110 Å². The van der Waals surface area contributed by atoms with Crippen molar-refractivity contribution in [1.82, 2.24) is 15.2 Å². The minimum absolute atomic E-state index is 0.0708. The van der Waals surface area contributed by atoms with Gasteiger partial charge in [-0.1, -0.05) is 17.4 Å². The van der Waals surface area contributed by atoms with Crippen LogP contribution in [-0.2, 0) is 0 Å². The second-order valence-corrected chi connectivity index (χ2v) is 8.84. The van der Waals surface area contributed by atoms with E-state index in [-0.39, 0.29) is 27.8 Å². The van der Waals surface area contributed by atoms with Crippen molar-refractivity contribution in [2.24, 2.45) is 0 Å². The molecule has 2 aromatic carbocycles. The Hall–Kier alpha value is -3.57. The van der Waals surface area contributed by atoms with E-state index in [4.69, 9.17) is 10.5 Å². The van der Waals surface area contributed by atoms with Crippen LogP contribution in [0.2, 0.25) is 0 Å². The van der Waals surface area contributed by atoms with Crippen LogP contribution >= 0.6 is 11.3 Å². The first-order valence-corrected chi connectivity index (χ1v) is 11.1. The number of nitrogen functional groups attached to an aromatic ring is 1. The van der Waals surface area contributed by atoms with Gasteiger partial charge in [-0.25, -0.2) is 13.8 Å². The number of aromatic nitrogens is 1. The second kappa shape index (κ2) is 10.6. The average molecular weight is 490 g/mol. The summed E-state index contributed by atoms with van der Waals surface area (Å²) in [5, 5.41) is 6.12. The molecular formula is C23H25F2N5O3S. The number of nitrogens with two attached hydrogens (primary N) is 1. The van der Waals surface area contributed by atoms with Gasteiger partial charge in [0.05, 0.1) is 18.2 Å². The van der Waals surface area contributed by atoms with Gasteiger partial charge in [-0.15, -0.1) is 0 Å². The fourth-order valence-corrected chi connectivity index (χ4v) is 4.20. The summed E-state index contributed by atoms with van der Waals surface area (Å²) in [6, 6.07) is 7.93. The summed E-state index contributed by atoms with van der Waals surface area (Å²) in [5.74, 6) is -2.96. The molecule has 4 N–H and O–H groups in total. The number of benzene rings is 2. The first-order chi connectivity index (χ1) is 16.1. The van der Waals surface area contributed by atoms with Crippen LogP contribution in [0.4, 0.5) is 25.4 Å². The molecule has 3 aromatic rings. The zero-order chi connectivity index (χ0) is 25.0. The number of nitrogens with zero attached hydrogens (tertiary/aromatic N) is 2. The van der Waals surface area contributed by atoms with Gasteiger partial charge in [0.2, 0.25) is 5.78 Å². The third kappa shape index (κ3) is 5.67. The average Bonchev–Trinajstić information content (AvgIpc) is 3.12. The lowest BCUT2D eigenvalue weighted by molar-refractivity contribution is 0.0930. The van der Waals surface area contributed by atoms with Crippen molar-refractivity contribution in [3.63, 3.8) is 0 Å². The SMILES string of the molecule is COc1cc(Nc2nc(N)c(C(=O)c3c(F)cccc3F)s2)ccc1C(=O)NC(C)CN(C)C. The molecule has 1 heterocycles. The number of thiazole rings is 1. The van der Waals surface area contributed by atoms with Crippen LogP contribution in [0.15, 0.2) is 36.4 Å². The standard InChI is InChI=1S/C23H25F2N5O3S/c1-12(11-30(2)3)27-22(32)14-9-8-13(10-17(14)33-4)28-23-29-21(26)20(34-23)19(31)18-15(24)6-5-7-16(18)25/h5-10,12H,11,26H2,1-4H3,(H,27,32)(H,28,29). The van der Waals surface area contributed by atoms with E-state index < -0.39 is 23.0 Å². The molecule has 1 unspecified atom stereocenters. The van der Waals surface area contributed by atoms with Gasteiger partial charge in [0.25, 0.3) is 5.91 Å². The van der Waals surface area contributed by atoms with Crippen LogP contribution in [0.3, 0.4) is 0 Å². The van der Waals surface area contributed by atoms with E-state index in [1.54, 1.807) is 18.2 Å². The highest BCUT2D eigenvalue weighted by atomic mass is 32.1. The molecule has 34 heavy (non-hydrogen) atoms. The maximum absolute atomic E-state index is 14.0. The molecule has 11 heteroatoms. The molecule has 180 valence electrons. The number of carbonyl (C=O) groups excluding carboxylic acids is 2. The first-order valence-electron chi connectivity index (χ1n) is 10.3. The number of ether oxygens (including phenoxy) is 1. The van der Waals surface area contributed by atoms with E-state index in [1.807, 2.05) is 25.9 Å². The van der Waals surface area contributed by atoms with Gasteiger partial charge in [-0.2, -0.15) is 0 Å². The normalized spacial score (nSPS) is 11.9. The van der Waals surface area contributed by atoms with Gasteiger partial charge >= 0.3 is 0 Å². The molecule has 1 amide bonds. The van der Waals surface area contributed by atoms with E-state index in [2.05, 4.69) is 15.6 Å². The highest BCUT2D eigenvalue weighted by molar-refractivity contribution is 7.18. The molecule has 0 fully saturated rings. The second-order valence-electron chi connectivity index (χ2n) is 7.84. The minimum Gasteiger partial charge on any atom is -0.496 e. The number of rotatable bonds is 9. The van der Waals surface area contributed by atoms with Gasteiger partial charge in [0.1, 0.15) is 28.1 Å². The Kier molecular flexibility index (Phi) is 7.79. The fourth-order valence-electron chi connectivity index (χ4n) is 3.35. The summed E-state index contributed by atoms with van der Waals surface area (Å²) < 4.78 is 33.4.